The number of amides is 1. The minimum Gasteiger partial charge on any atom is -0.334 e. The molecule has 1 saturated heterocycles. The summed E-state index contributed by atoms with van der Waals surface area (Å²) in [5.41, 5.74) is 1.82. The Balaban J connectivity index is 1.53. The minimum atomic E-state index is -3.08. The molecule has 1 atom stereocenters. The van der Waals surface area contributed by atoms with Gasteiger partial charge in [-0.1, -0.05) is 60.3 Å². The van der Waals surface area contributed by atoms with Crippen LogP contribution in [0, 0.1) is 0 Å². The molecule has 6 nitrogen and oxygen atoms in total. The highest BCUT2D eigenvalue weighted by Gasteiger charge is 2.34. The number of thioether (sulfide) groups is 1. The van der Waals surface area contributed by atoms with Crippen molar-refractivity contribution in [3.63, 3.8) is 0 Å². The first-order valence-electron chi connectivity index (χ1n) is 9.38. The smallest absolute Gasteiger partial charge is 0.233 e. The van der Waals surface area contributed by atoms with Gasteiger partial charge in [0.05, 0.1) is 22.8 Å². The Hall–Kier alpha value is -2.45. The maximum absolute atomic E-state index is 13.1. The van der Waals surface area contributed by atoms with E-state index in [-0.39, 0.29) is 29.2 Å². The normalized spacial score (nSPS) is 18.0. The molecule has 0 aliphatic carbocycles. The van der Waals surface area contributed by atoms with Crippen molar-refractivity contribution < 1.29 is 13.2 Å². The number of hydrogen-bond donors (Lipinski definition) is 0. The van der Waals surface area contributed by atoms with E-state index in [0.717, 1.165) is 21.5 Å². The summed E-state index contributed by atoms with van der Waals surface area (Å²) in [6, 6.07) is 17.1. The van der Waals surface area contributed by atoms with Crippen molar-refractivity contribution in [1.82, 2.24) is 14.9 Å². The molecule has 1 fully saturated rings. The Bertz CT molecular complexity index is 1110. The van der Waals surface area contributed by atoms with Crippen LogP contribution in [0.3, 0.4) is 0 Å². The number of carbonyl (C=O) groups is 1. The van der Waals surface area contributed by atoms with Crippen molar-refractivity contribution >= 4 is 38.4 Å². The summed E-state index contributed by atoms with van der Waals surface area (Å²) in [5, 5.41) is 1.66. The maximum Gasteiger partial charge on any atom is 0.233 e. The molecule has 2 heterocycles. The monoisotopic (exact) mass is 427 g/mol. The Labute approximate surface area is 174 Å². The highest BCUT2D eigenvalue weighted by atomic mass is 32.2. The van der Waals surface area contributed by atoms with Crippen LogP contribution in [0.1, 0.15) is 12.0 Å². The van der Waals surface area contributed by atoms with Crippen LogP contribution in [0.15, 0.2) is 66.0 Å². The molecule has 0 N–H and O–H groups in total. The molecule has 29 heavy (non-hydrogen) atoms. The number of aromatic nitrogens is 2. The maximum atomic E-state index is 13.1. The van der Waals surface area contributed by atoms with E-state index in [1.165, 1.54) is 18.1 Å². The number of para-hydroxylation sites is 1. The Kier molecular flexibility index (Phi) is 5.82. The van der Waals surface area contributed by atoms with Gasteiger partial charge < -0.3 is 4.90 Å². The van der Waals surface area contributed by atoms with Crippen molar-refractivity contribution in [1.29, 1.82) is 0 Å². The Morgan fingerprint density at radius 1 is 1.07 bits per heavy atom. The number of benzene rings is 2. The quantitative estimate of drug-likeness (QED) is 0.444. The third kappa shape index (κ3) is 4.76. The van der Waals surface area contributed by atoms with Gasteiger partial charge in [-0.05, 0) is 18.1 Å². The predicted molar refractivity (Wildman–Crippen MR) is 114 cm³/mol. The lowest BCUT2D eigenvalue weighted by molar-refractivity contribution is -0.130. The molecule has 0 bridgehead atoms. The highest BCUT2D eigenvalue weighted by molar-refractivity contribution is 8.00. The molecule has 1 aliphatic heterocycles. The van der Waals surface area contributed by atoms with Gasteiger partial charge in [-0.3, -0.25) is 4.79 Å². The van der Waals surface area contributed by atoms with Crippen LogP contribution in [0.25, 0.3) is 10.9 Å². The summed E-state index contributed by atoms with van der Waals surface area (Å²) in [6.45, 7) is 0.408. The summed E-state index contributed by atoms with van der Waals surface area (Å²) in [7, 11) is -3.08. The predicted octanol–water partition coefficient (Wildman–Crippen LogP) is 2.94. The van der Waals surface area contributed by atoms with Crippen LogP contribution in [0.4, 0.5) is 0 Å². The topological polar surface area (TPSA) is 80.2 Å². The fraction of sp³-hybridized carbons (Fsp3) is 0.286. The van der Waals surface area contributed by atoms with Gasteiger partial charge in [-0.25, -0.2) is 18.4 Å². The van der Waals surface area contributed by atoms with Crippen LogP contribution >= 0.6 is 11.8 Å². The first-order valence-corrected chi connectivity index (χ1v) is 12.2. The molecular formula is C21H21N3O3S2. The summed E-state index contributed by atoms with van der Waals surface area (Å²) in [4.78, 5) is 23.4. The van der Waals surface area contributed by atoms with Gasteiger partial charge in [0.25, 0.3) is 0 Å². The van der Waals surface area contributed by atoms with Gasteiger partial charge in [0, 0.05) is 18.0 Å². The van der Waals surface area contributed by atoms with Gasteiger partial charge >= 0.3 is 0 Å². The molecule has 0 saturated carbocycles. The van der Waals surface area contributed by atoms with E-state index in [9.17, 15) is 13.2 Å². The number of hydrogen-bond acceptors (Lipinski definition) is 6. The minimum absolute atomic E-state index is 0.0344. The SMILES string of the molecule is O=C(CSc1ncnc2ccccc12)N(Cc1ccccc1)C1CCS(=O)(=O)C1. The Morgan fingerprint density at radius 3 is 2.59 bits per heavy atom. The molecule has 3 aromatic rings. The molecule has 0 radical (unpaired) electrons. The van der Waals surface area contributed by atoms with Crippen molar-refractivity contribution in [3.8, 4) is 0 Å². The molecule has 150 valence electrons. The number of carbonyl (C=O) groups excluding carboxylic acids is 1. The number of nitrogens with zero attached hydrogens (tertiary/aromatic N) is 3. The molecule has 8 heteroatoms. The van der Waals surface area contributed by atoms with Crippen LogP contribution in [-0.4, -0.2) is 52.5 Å². The molecule has 1 aromatic heterocycles. The lowest BCUT2D eigenvalue weighted by Crippen LogP contribution is -2.41. The van der Waals surface area contributed by atoms with E-state index >= 15 is 0 Å². The zero-order chi connectivity index (χ0) is 20.3. The standard InChI is InChI=1S/C21H21N3O3S2/c25-20(13-28-21-18-8-4-5-9-19(18)22-15-23-21)24(12-16-6-2-1-3-7-16)17-10-11-29(26,27)14-17/h1-9,15,17H,10-14H2. The first-order chi connectivity index (χ1) is 14.0. The summed E-state index contributed by atoms with van der Waals surface area (Å²) < 4.78 is 24.0. The number of fused-ring (bicyclic) bond motifs is 1. The van der Waals surface area contributed by atoms with E-state index in [4.69, 9.17) is 0 Å². The second-order valence-electron chi connectivity index (χ2n) is 7.05. The van der Waals surface area contributed by atoms with Gasteiger partial charge in [-0.15, -0.1) is 0 Å². The zero-order valence-electron chi connectivity index (χ0n) is 15.8. The highest BCUT2D eigenvalue weighted by Crippen LogP contribution is 2.26. The van der Waals surface area contributed by atoms with Crippen molar-refractivity contribution in [3.05, 3.63) is 66.5 Å². The van der Waals surface area contributed by atoms with Crippen molar-refractivity contribution in [2.45, 2.75) is 24.0 Å². The summed E-state index contributed by atoms with van der Waals surface area (Å²) in [5.74, 6) is 0.292. The third-order valence-corrected chi connectivity index (χ3v) is 7.74. The average Bonchev–Trinajstić information content (AvgIpc) is 3.10. The summed E-state index contributed by atoms with van der Waals surface area (Å²) in [6.07, 6.45) is 1.99. The molecule has 1 unspecified atom stereocenters. The van der Waals surface area contributed by atoms with E-state index in [2.05, 4.69) is 9.97 Å². The fourth-order valence-corrected chi connectivity index (χ4v) is 6.14. The Morgan fingerprint density at radius 2 is 1.83 bits per heavy atom. The number of sulfone groups is 1. The molecule has 4 rings (SSSR count). The average molecular weight is 428 g/mol. The van der Waals surface area contributed by atoms with Gasteiger partial charge in [-0.2, -0.15) is 0 Å². The number of rotatable bonds is 6. The second kappa shape index (κ2) is 8.51. The second-order valence-corrected chi connectivity index (χ2v) is 10.2. The first kappa shape index (κ1) is 19.8. The molecule has 1 amide bonds. The van der Waals surface area contributed by atoms with Crippen LogP contribution in [0.5, 0.6) is 0 Å². The largest absolute Gasteiger partial charge is 0.334 e. The van der Waals surface area contributed by atoms with Gasteiger partial charge in [0.2, 0.25) is 5.91 Å². The van der Waals surface area contributed by atoms with Crippen molar-refractivity contribution in [2.75, 3.05) is 17.3 Å². The summed E-state index contributed by atoms with van der Waals surface area (Å²) >= 11 is 1.36. The molecular weight excluding hydrogens is 406 g/mol. The zero-order valence-corrected chi connectivity index (χ0v) is 17.4. The van der Waals surface area contributed by atoms with E-state index in [0.29, 0.717) is 13.0 Å². The van der Waals surface area contributed by atoms with E-state index in [1.54, 1.807) is 4.90 Å². The molecule has 1 aliphatic rings. The van der Waals surface area contributed by atoms with Crippen LogP contribution in [0.2, 0.25) is 0 Å². The molecule has 2 aromatic carbocycles. The molecule has 0 spiro atoms. The van der Waals surface area contributed by atoms with Gasteiger partial charge in [0.15, 0.2) is 9.84 Å². The fourth-order valence-electron chi connectivity index (χ4n) is 3.53. The van der Waals surface area contributed by atoms with Crippen LogP contribution < -0.4 is 0 Å². The van der Waals surface area contributed by atoms with Crippen molar-refractivity contribution in [2.24, 2.45) is 0 Å². The lowest BCUT2D eigenvalue weighted by atomic mass is 10.1. The van der Waals surface area contributed by atoms with E-state index < -0.39 is 9.84 Å². The van der Waals surface area contributed by atoms with Gasteiger partial charge in [0.1, 0.15) is 11.4 Å². The van der Waals surface area contributed by atoms with E-state index in [1.807, 2.05) is 54.6 Å². The third-order valence-electron chi connectivity index (χ3n) is 5.00. The lowest BCUT2D eigenvalue weighted by Gasteiger charge is -2.28. The van der Waals surface area contributed by atoms with Crippen LogP contribution in [-0.2, 0) is 21.2 Å².